The summed E-state index contributed by atoms with van der Waals surface area (Å²) in [4.78, 5) is 0. The predicted octanol–water partition coefficient (Wildman–Crippen LogP) is 1.08. The van der Waals surface area contributed by atoms with Gasteiger partial charge in [0, 0.05) is 12.6 Å². The van der Waals surface area contributed by atoms with Gasteiger partial charge in [0.2, 0.25) is 0 Å². The first kappa shape index (κ1) is 10.6. The summed E-state index contributed by atoms with van der Waals surface area (Å²) in [5.41, 5.74) is 6.25. The van der Waals surface area contributed by atoms with Crippen molar-refractivity contribution in [1.29, 1.82) is 5.26 Å². The van der Waals surface area contributed by atoms with E-state index in [1.165, 1.54) is 12.1 Å². The molecule has 0 radical (unpaired) electrons. The van der Waals surface area contributed by atoms with E-state index >= 15 is 0 Å². The minimum atomic E-state index is -0.571. The predicted molar refractivity (Wildman–Crippen MR) is 49.7 cm³/mol. The summed E-state index contributed by atoms with van der Waals surface area (Å²) >= 11 is 0. The molecule has 0 aromatic heterocycles. The lowest BCUT2D eigenvalue weighted by Crippen LogP contribution is -2.12. The number of nitrogens with zero attached hydrogens (tertiary/aromatic N) is 1. The number of benzene rings is 1. The lowest BCUT2D eigenvalue weighted by atomic mass is 10.0. The molecule has 0 unspecified atom stereocenters. The maximum Gasteiger partial charge on any atom is 0.141 e. The Morgan fingerprint density at radius 1 is 1.57 bits per heavy atom. The maximum absolute atomic E-state index is 13.1. The van der Waals surface area contributed by atoms with Gasteiger partial charge in [0.15, 0.2) is 0 Å². The van der Waals surface area contributed by atoms with Gasteiger partial charge in [-0.05, 0) is 24.1 Å². The Balaban J connectivity index is 2.92. The lowest BCUT2D eigenvalue weighted by molar-refractivity contribution is 0.276. The van der Waals surface area contributed by atoms with Crippen LogP contribution in [0.4, 0.5) is 4.39 Å². The fraction of sp³-hybridized carbons (Fsp3) is 0.300. The molecule has 0 spiro atoms. The van der Waals surface area contributed by atoms with Crippen LogP contribution in [0.25, 0.3) is 0 Å². The van der Waals surface area contributed by atoms with Crippen LogP contribution in [0.2, 0.25) is 0 Å². The standard InChI is InChI=1S/C10H11FN2O/c11-9-5-7(10(13)3-4-14)1-2-8(9)6-12/h1-2,5,10,14H,3-4,13H2/t10-/m0/s1. The van der Waals surface area contributed by atoms with Gasteiger partial charge in [0.25, 0.3) is 0 Å². The third-order valence-electron chi connectivity index (χ3n) is 1.98. The zero-order valence-corrected chi connectivity index (χ0v) is 7.57. The van der Waals surface area contributed by atoms with Crippen molar-refractivity contribution in [1.82, 2.24) is 0 Å². The summed E-state index contributed by atoms with van der Waals surface area (Å²) in [6, 6.07) is 5.57. The Kier molecular flexibility index (Phi) is 3.57. The molecule has 0 amide bonds. The molecule has 74 valence electrons. The summed E-state index contributed by atoms with van der Waals surface area (Å²) in [6.45, 7) is -0.0389. The highest BCUT2D eigenvalue weighted by Gasteiger charge is 2.08. The lowest BCUT2D eigenvalue weighted by Gasteiger charge is -2.10. The molecular weight excluding hydrogens is 183 g/mol. The molecule has 0 aliphatic heterocycles. The number of aliphatic hydroxyl groups is 1. The van der Waals surface area contributed by atoms with E-state index in [9.17, 15) is 4.39 Å². The van der Waals surface area contributed by atoms with E-state index in [-0.39, 0.29) is 18.2 Å². The highest BCUT2D eigenvalue weighted by Crippen LogP contribution is 2.16. The normalized spacial score (nSPS) is 12.1. The summed E-state index contributed by atoms with van der Waals surface area (Å²) in [6.07, 6.45) is 0.380. The van der Waals surface area contributed by atoms with E-state index in [1.54, 1.807) is 12.1 Å². The molecule has 1 atom stereocenters. The van der Waals surface area contributed by atoms with Gasteiger partial charge < -0.3 is 10.8 Å². The molecule has 0 saturated carbocycles. The van der Waals surface area contributed by atoms with Gasteiger partial charge >= 0.3 is 0 Å². The van der Waals surface area contributed by atoms with Crippen LogP contribution in [-0.2, 0) is 0 Å². The van der Waals surface area contributed by atoms with Crippen molar-refractivity contribution in [2.45, 2.75) is 12.5 Å². The Hall–Kier alpha value is -1.44. The highest BCUT2D eigenvalue weighted by atomic mass is 19.1. The summed E-state index contributed by atoms with van der Waals surface area (Å²) in [5, 5.41) is 17.1. The number of aliphatic hydroxyl groups excluding tert-OH is 1. The zero-order chi connectivity index (χ0) is 10.6. The minimum Gasteiger partial charge on any atom is -0.396 e. The van der Waals surface area contributed by atoms with Crippen LogP contribution in [0, 0.1) is 17.1 Å². The van der Waals surface area contributed by atoms with E-state index in [0.29, 0.717) is 12.0 Å². The molecule has 0 aliphatic carbocycles. The number of hydrogen-bond donors (Lipinski definition) is 2. The first-order chi connectivity index (χ1) is 6.69. The molecule has 1 aromatic carbocycles. The summed E-state index contributed by atoms with van der Waals surface area (Å²) < 4.78 is 13.1. The molecule has 14 heavy (non-hydrogen) atoms. The number of halogens is 1. The van der Waals surface area contributed by atoms with Gasteiger partial charge in [-0.2, -0.15) is 5.26 Å². The van der Waals surface area contributed by atoms with Crippen molar-refractivity contribution in [2.24, 2.45) is 5.73 Å². The van der Waals surface area contributed by atoms with Crippen LogP contribution in [0.5, 0.6) is 0 Å². The SMILES string of the molecule is N#Cc1ccc([C@@H](N)CCO)cc1F. The third kappa shape index (κ3) is 2.28. The summed E-state index contributed by atoms with van der Waals surface area (Å²) in [7, 11) is 0. The van der Waals surface area contributed by atoms with Crippen LogP contribution in [0.1, 0.15) is 23.6 Å². The van der Waals surface area contributed by atoms with Crippen molar-refractivity contribution < 1.29 is 9.50 Å². The van der Waals surface area contributed by atoms with Crippen molar-refractivity contribution in [3.05, 3.63) is 35.1 Å². The number of hydrogen-bond acceptors (Lipinski definition) is 3. The number of nitrogens with two attached hydrogens (primary N) is 1. The van der Waals surface area contributed by atoms with Crippen molar-refractivity contribution in [3.8, 4) is 6.07 Å². The molecule has 0 saturated heterocycles. The second kappa shape index (κ2) is 4.70. The van der Waals surface area contributed by atoms with E-state index < -0.39 is 5.82 Å². The van der Waals surface area contributed by atoms with Crippen LogP contribution < -0.4 is 5.73 Å². The van der Waals surface area contributed by atoms with Crippen molar-refractivity contribution in [3.63, 3.8) is 0 Å². The maximum atomic E-state index is 13.1. The monoisotopic (exact) mass is 194 g/mol. The van der Waals surface area contributed by atoms with Crippen molar-refractivity contribution in [2.75, 3.05) is 6.61 Å². The second-order valence-corrected chi connectivity index (χ2v) is 2.97. The number of nitriles is 1. The molecule has 0 aliphatic rings. The smallest absolute Gasteiger partial charge is 0.141 e. The third-order valence-corrected chi connectivity index (χ3v) is 1.98. The first-order valence-electron chi connectivity index (χ1n) is 4.25. The Bertz CT molecular complexity index is 360. The van der Waals surface area contributed by atoms with E-state index in [4.69, 9.17) is 16.1 Å². The Morgan fingerprint density at radius 3 is 2.79 bits per heavy atom. The molecule has 1 aromatic rings. The topological polar surface area (TPSA) is 70.0 Å². The van der Waals surface area contributed by atoms with E-state index in [1.807, 2.05) is 0 Å². The zero-order valence-electron chi connectivity index (χ0n) is 7.57. The van der Waals surface area contributed by atoms with Gasteiger partial charge in [-0.25, -0.2) is 4.39 Å². The first-order valence-corrected chi connectivity index (χ1v) is 4.25. The van der Waals surface area contributed by atoms with Gasteiger partial charge in [0.05, 0.1) is 5.56 Å². The summed E-state index contributed by atoms with van der Waals surface area (Å²) in [5.74, 6) is -0.571. The van der Waals surface area contributed by atoms with Gasteiger partial charge in [-0.15, -0.1) is 0 Å². The van der Waals surface area contributed by atoms with Crippen LogP contribution >= 0.6 is 0 Å². The molecule has 0 heterocycles. The van der Waals surface area contributed by atoms with Crippen LogP contribution in [0.3, 0.4) is 0 Å². The van der Waals surface area contributed by atoms with Crippen molar-refractivity contribution >= 4 is 0 Å². The highest BCUT2D eigenvalue weighted by molar-refractivity contribution is 5.34. The molecule has 4 heteroatoms. The van der Waals surface area contributed by atoms with E-state index in [2.05, 4.69) is 0 Å². The van der Waals surface area contributed by atoms with Gasteiger partial charge in [-0.1, -0.05) is 6.07 Å². The largest absolute Gasteiger partial charge is 0.396 e. The van der Waals surface area contributed by atoms with Crippen LogP contribution in [0.15, 0.2) is 18.2 Å². The molecule has 1 rings (SSSR count). The quantitative estimate of drug-likeness (QED) is 0.756. The average molecular weight is 194 g/mol. The average Bonchev–Trinajstić information content (AvgIpc) is 2.18. The van der Waals surface area contributed by atoms with E-state index in [0.717, 1.165) is 0 Å². The molecule has 0 fully saturated rings. The van der Waals surface area contributed by atoms with Crippen LogP contribution in [-0.4, -0.2) is 11.7 Å². The van der Waals surface area contributed by atoms with Gasteiger partial charge in [-0.3, -0.25) is 0 Å². The second-order valence-electron chi connectivity index (χ2n) is 2.97. The molecule has 0 bridgehead atoms. The Labute approximate surface area is 81.6 Å². The van der Waals surface area contributed by atoms with Gasteiger partial charge in [0.1, 0.15) is 11.9 Å². The Morgan fingerprint density at radius 2 is 2.29 bits per heavy atom. The fourth-order valence-corrected chi connectivity index (χ4v) is 1.16. The molecule has 3 nitrogen and oxygen atoms in total. The molecule has 3 N–H and O–H groups in total. The fourth-order valence-electron chi connectivity index (χ4n) is 1.16. The minimum absolute atomic E-state index is 0.00458. The number of rotatable bonds is 3. The molecular formula is C10H11FN2O.